The van der Waals surface area contributed by atoms with E-state index in [4.69, 9.17) is 10.5 Å². The fourth-order valence-electron chi connectivity index (χ4n) is 2.36. The van der Waals surface area contributed by atoms with Crippen LogP contribution in [0, 0.1) is 18.6 Å². The van der Waals surface area contributed by atoms with Crippen molar-refractivity contribution in [2.75, 3.05) is 5.73 Å². The standard InChI is InChI=1S/C18H12F5N3O/c1-9-25-16(13-6-5-10(7-14(13)20)18(21,22)23)15(24)17(26-9)27-12-4-2-3-11(19)8-12/h2-8H,24H2,1H3. The van der Waals surface area contributed by atoms with Crippen LogP contribution in [-0.2, 0) is 6.18 Å². The van der Waals surface area contributed by atoms with Crippen molar-refractivity contribution >= 4 is 5.69 Å². The number of alkyl halides is 3. The third-order valence-corrected chi connectivity index (χ3v) is 3.58. The maximum absolute atomic E-state index is 14.3. The molecule has 27 heavy (non-hydrogen) atoms. The molecule has 0 spiro atoms. The van der Waals surface area contributed by atoms with E-state index in [2.05, 4.69) is 9.97 Å². The summed E-state index contributed by atoms with van der Waals surface area (Å²) in [7, 11) is 0. The van der Waals surface area contributed by atoms with Crippen LogP contribution in [0.5, 0.6) is 11.6 Å². The van der Waals surface area contributed by atoms with Crippen LogP contribution in [0.3, 0.4) is 0 Å². The molecule has 1 aromatic heterocycles. The molecule has 140 valence electrons. The molecule has 3 rings (SSSR count). The molecule has 0 saturated carbocycles. The summed E-state index contributed by atoms with van der Waals surface area (Å²) in [4.78, 5) is 7.99. The normalized spacial score (nSPS) is 11.5. The highest BCUT2D eigenvalue weighted by atomic mass is 19.4. The number of hydrogen-bond donors (Lipinski definition) is 1. The molecule has 2 aromatic carbocycles. The number of rotatable bonds is 3. The molecule has 0 fully saturated rings. The smallest absolute Gasteiger partial charge is 0.416 e. The van der Waals surface area contributed by atoms with Gasteiger partial charge in [-0.2, -0.15) is 18.2 Å². The number of ether oxygens (including phenoxy) is 1. The van der Waals surface area contributed by atoms with E-state index in [1.807, 2.05) is 0 Å². The minimum atomic E-state index is -4.68. The average molecular weight is 381 g/mol. The van der Waals surface area contributed by atoms with Gasteiger partial charge in [0.25, 0.3) is 0 Å². The monoisotopic (exact) mass is 381 g/mol. The Labute approximate surface area is 150 Å². The Balaban J connectivity index is 2.06. The predicted octanol–water partition coefficient (Wildman–Crippen LogP) is 5.12. The van der Waals surface area contributed by atoms with Crippen LogP contribution in [0.2, 0.25) is 0 Å². The minimum absolute atomic E-state index is 0.0960. The van der Waals surface area contributed by atoms with Crippen molar-refractivity contribution in [2.24, 2.45) is 0 Å². The Morgan fingerprint density at radius 2 is 1.74 bits per heavy atom. The SMILES string of the molecule is Cc1nc(Oc2cccc(F)c2)c(N)c(-c2ccc(C(F)(F)F)cc2F)n1. The van der Waals surface area contributed by atoms with Gasteiger partial charge in [0.15, 0.2) is 0 Å². The maximum atomic E-state index is 14.3. The number of nitrogen functional groups attached to an aromatic ring is 1. The van der Waals surface area contributed by atoms with Crippen LogP contribution in [-0.4, -0.2) is 9.97 Å². The van der Waals surface area contributed by atoms with Gasteiger partial charge in [-0.25, -0.2) is 13.8 Å². The van der Waals surface area contributed by atoms with Crippen LogP contribution in [0.1, 0.15) is 11.4 Å². The lowest BCUT2D eigenvalue weighted by Gasteiger charge is -2.13. The van der Waals surface area contributed by atoms with Gasteiger partial charge in [-0.3, -0.25) is 0 Å². The summed E-state index contributed by atoms with van der Waals surface area (Å²) in [5.74, 6) is -1.62. The van der Waals surface area contributed by atoms with Gasteiger partial charge in [0, 0.05) is 11.6 Å². The first-order chi connectivity index (χ1) is 12.6. The Kier molecular flexibility index (Phi) is 4.69. The molecule has 0 radical (unpaired) electrons. The molecule has 0 bridgehead atoms. The van der Waals surface area contributed by atoms with Gasteiger partial charge >= 0.3 is 6.18 Å². The van der Waals surface area contributed by atoms with E-state index < -0.39 is 23.4 Å². The molecule has 3 aromatic rings. The molecule has 0 amide bonds. The number of benzene rings is 2. The Hall–Kier alpha value is -3.23. The van der Waals surface area contributed by atoms with Crippen LogP contribution >= 0.6 is 0 Å². The lowest BCUT2D eigenvalue weighted by molar-refractivity contribution is -0.137. The van der Waals surface area contributed by atoms with Crippen molar-refractivity contribution in [3.05, 3.63) is 65.5 Å². The van der Waals surface area contributed by atoms with Gasteiger partial charge in [-0.1, -0.05) is 6.07 Å². The third kappa shape index (κ3) is 3.97. The number of anilines is 1. The molecule has 0 atom stereocenters. The van der Waals surface area contributed by atoms with Gasteiger partial charge in [-0.15, -0.1) is 0 Å². The molecule has 0 aliphatic heterocycles. The number of halogens is 5. The summed E-state index contributed by atoms with van der Waals surface area (Å²) in [6.07, 6.45) is -4.68. The minimum Gasteiger partial charge on any atom is -0.437 e. The molecule has 4 nitrogen and oxygen atoms in total. The van der Waals surface area contributed by atoms with E-state index in [1.54, 1.807) is 0 Å². The second-order valence-corrected chi connectivity index (χ2v) is 5.59. The van der Waals surface area contributed by atoms with Gasteiger partial charge in [0.1, 0.15) is 34.6 Å². The quantitative estimate of drug-likeness (QED) is 0.640. The zero-order valence-electron chi connectivity index (χ0n) is 13.8. The molecule has 9 heteroatoms. The fourth-order valence-corrected chi connectivity index (χ4v) is 2.36. The zero-order chi connectivity index (χ0) is 19.8. The largest absolute Gasteiger partial charge is 0.437 e. The van der Waals surface area contributed by atoms with Crippen molar-refractivity contribution in [3.63, 3.8) is 0 Å². The predicted molar refractivity (Wildman–Crippen MR) is 88.1 cm³/mol. The second kappa shape index (κ2) is 6.82. The molecular weight excluding hydrogens is 369 g/mol. The van der Waals surface area contributed by atoms with E-state index in [1.165, 1.54) is 25.1 Å². The van der Waals surface area contributed by atoms with Gasteiger partial charge < -0.3 is 10.5 Å². The number of aromatic nitrogens is 2. The molecule has 2 N–H and O–H groups in total. The van der Waals surface area contributed by atoms with Crippen molar-refractivity contribution in [1.29, 1.82) is 0 Å². The highest BCUT2D eigenvalue weighted by Gasteiger charge is 2.31. The first-order valence-electron chi connectivity index (χ1n) is 7.60. The van der Waals surface area contributed by atoms with E-state index in [0.29, 0.717) is 6.07 Å². The fraction of sp³-hybridized carbons (Fsp3) is 0.111. The van der Waals surface area contributed by atoms with Crippen LogP contribution in [0.15, 0.2) is 42.5 Å². The second-order valence-electron chi connectivity index (χ2n) is 5.59. The van der Waals surface area contributed by atoms with E-state index >= 15 is 0 Å². The van der Waals surface area contributed by atoms with E-state index in [9.17, 15) is 22.0 Å². The molecule has 0 saturated heterocycles. The van der Waals surface area contributed by atoms with E-state index in [0.717, 1.165) is 18.2 Å². The van der Waals surface area contributed by atoms with Gasteiger partial charge in [-0.05, 0) is 37.3 Å². The number of nitrogens with two attached hydrogens (primary N) is 1. The maximum Gasteiger partial charge on any atom is 0.416 e. The molecule has 1 heterocycles. The Morgan fingerprint density at radius 1 is 1.00 bits per heavy atom. The van der Waals surface area contributed by atoms with Crippen LogP contribution in [0.25, 0.3) is 11.3 Å². The third-order valence-electron chi connectivity index (χ3n) is 3.58. The molecule has 0 aliphatic carbocycles. The Morgan fingerprint density at radius 3 is 2.37 bits per heavy atom. The molecule has 0 unspecified atom stereocenters. The van der Waals surface area contributed by atoms with Gasteiger partial charge in [0.2, 0.25) is 5.88 Å². The summed E-state index contributed by atoms with van der Waals surface area (Å²) < 4.78 is 71.2. The summed E-state index contributed by atoms with van der Waals surface area (Å²) in [5, 5.41) is 0. The number of nitrogens with zero attached hydrogens (tertiary/aromatic N) is 2. The lowest BCUT2D eigenvalue weighted by atomic mass is 10.1. The topological polar surface area (TPSA) is 61.0 Å². The zero-order valence-corrected chi connectivity index (χ0v) is 13.8. The molecular formula is C18H12F5N3O. The lowest BCUT2D eigenvalue weighted by Crippen LogP contribution is -2.07. The van der Waals surface area contributed by atoms with Crippen molar-refractivity contribution in [1.82, 2.24) is 9.97 Å². The number of hydrogen-bond acceptors (Lipinski definition) is 4. The van der Waals surface area contributed by atoms with Gasteiger partial charge in [0.05, 0.1) is 5.56 Å². The van der Waals surface area contributed by atoms with E-state index in [-0.39, 0.29) is 34.4 Å². The summed E-state index contributed by atoms with van der Waals surface area (Å²) in [5.41, 5.74) is 4.24. The van der Waals surface area contributed by atoms with Crippen molar-refractivity contribution in [2.45, 2.75) is 13.1 Å². The average Bonchev–Trinajstić information content (AvgIpc) is 2.57. The van der Waals surface area contributed by atoms with Crippen molar-refractivity contribution in [3.8, 4) is 22.9 Å². The van der Waals surface area contributed by atoms with Crippen LogP contribution < -0.4 is 10.5 Å². The number of aryl methyl sites for hydroxylation is 1. The van der Waals surface area contributed by atoms with Crippen molar-refractivity contribution < 1.29 is 26.7 Å². The highest BCUT2D eigenvalue weighted by molar-refractivity contribution is 5.76. The Bertz CT molecular complexity index is 1000. The first kappa shape index (κ1) is 18.6. The summed E-state index contributed by atoms with van der Waals surface area (Å²) in [6, 6.07) is 7.19. The van der Waals surface area contributed by atoms with Crippen LogP contribution in [0.4, 0.5) is 27.6 Å². The molecule has 0 aliphatic rings. The summed E-state index contributed by atoms with van der Waals surface area (Å²) in [6.45, 7) is 1.48. The summed E-state index contributed by atoms with van der Waals surface area (Å²) >= 11 is 0. The first-order valence-corrected chi connectivity index (χ1v) is 7.60. The highest BCUT2D eigenvalue weighted by Crippen LogP contribution is 2.37.